The standard InChI is InChI=1S/C13H18FN/c14-13(9-7-12(15)10-13)8-6-11-4-2-1-3-5-11/h1-5,12H,6-10,15H2. The van der Waals surface area contributed by atoms with E-state index in [4.69, 9.17) is 5.73 Å². The maximum Gasteiger partial charge on any atom is 0.113 e. The summed E-state index contributed by atoms with van der Waals surface area (Å²) in [7, 11) is 0. The molecule has 1 aromatic carbocycles. The van der Waals surface area contributed by atoms with Crippen LogP contribution in [0.4, 0.5) is 4.39 Å². The van der Waals surface area contributed by atoms with E-state index in [0.29, 0.717) is 19.3 Å². The average Bonchev–Trinajstić information content (AvgIpc) is 2.58. The lowest BCUT2D eigenvalue weighted by Gasteiger charge is -2.18. The molecule has 1 fully saturated rings. The number of nitrogens with two attached hydrogens (primary N) is 1. The monoisotopic (exact) mass is 207 g/mol. The first-order chi connectivity index (χ1) is 7.18. The van der Waals surface area contributed by atoms with Crippen molar-refractivity contribution in [3.05, 3.63) is 35.9 Å². The maximum absolute atomic E-state index is 14.2. The molecule has 0 aromatic heterocycles. The van der Waals surface area contributed by atoms with Crippen molar-refractivity contribution in [1.29, 1.82) is 0 Å². The first-order valence-corrected chi connectivity index (χ1v) is 5.66. The zero-order valence-electron chi connectivity index (χ0n) is 8.95. The second-order valence-electron chi connectivity index (χ2n) is 4.64. The molecule has 0 aliphatic heterocycles. The summed E-state index contributed by atoms with van der Waals surface area (Å²) in [6.07, 6.45) is 3.46. The second-order valence-corrected chi connectivity index (χ2v) is 4.64. The molecule has 2 heteroatoms. The predicted octanol–water partition coefficient (Wildman–Crippen LogP) is 2.84. The number of benzene rings is 1. The fourth-order valence-corrected chi connectivity index (χ4v) is 2.36. The smallest absolute Gasteiger partial charge is 0.113 e. The van der Waals surface area contributed by atoms with Crippen molar-refractivity contribution >= 4 is 0 Å². The van der Waals surface area contributed by atoms with Crippen molar-refractivity contribution in [3.8, 4) is 0 Å². The van der Waals surface area contributed by atoms with E-state index in [1.54, 1.807) is 0 Å². The van der Waals surface area contributed by atoms with Gasteiger partial charge in [-0.25, -0.2) is 4.39 Å². The highest BCUT2D eigenvalue weighted by Crippen LogP contribution is 2.36. The van der Waals surface area contributed by atoms with Gasteiger partial charge in [-0.05, 0) is 37.7 Å². The minimum Gasteiger partial charge on any atom is -0.328 e. The number of alkyl halides is 1. The summed E-state index contributed by atoms with van der Waals surface area (Å²) < 4.78 is 14.2. The van der Waals surface area contributed by atoms with Gasteiger partial charge in [0.25, 0.3) is 0 Å². The van der Waals surface area contributed by atoms with Crippen molar-refractivity contribution < 1.29 is 4.39 Å². The Bertz CT molecular complexity index is 312. The molecule has 1 nitrogen and oxygen atoms in total. The summed E-state index contributed by atoms with van der Waals surface area (Å²) in [4.78, 5) is 0. The first-order valence-electron chi connectivity index (χ1n) is 5.66. The van der Waals surface area contributed by atoms with Gasteiger partial charge in [-0.2, -0.15) is 0 Å². The summed E-state index contributed by atoms with van der Waals surface area (Å²) in [5.74, 6) is 0. The summed E-state index contributed by atoms with van der Waals surface area (Å²) in [5, 5.41) is 0. The molecule has 2 N–H and O–H groups in total. The van der Waals surface area contributed by atoms with E-state index < -0.39 is 5.67 Å². The first kappa shape index (κ1) is 10.6. The number of hydrogen-bond acceptors (Lipinski definition) is 1. The van der Waals surface area contributed by atoms with E-state index in [0.717, 1.165) is 12.8 Å². The Kier molecular flexibility index (Phi) is 3.06. The molecular weight excluding hydrogens is 189 g/mol. The average molecular weight is 207 g/mol. The van der Waals surface area contributed by atoms with Crippen molar-refractivity contribution in [2.75, 3.05) is 0 Å². The normalized spacial score (nSPS) is 30.7. The molecular formula is C13H18FN. The van der Waals surface area contributed by atoms with Gasteiger partial charge in [0.2, 0.25) is 0 Å². The van der Waals surface area contributed by atoms with Crippen LogP contribution in [0.2, 0.25) is 0 Å². The Morgan fingerprint density at radius 3 is 2.67 bits per heavy atom. The highest BCUT2D eigenvalue weighted by molar-refractivity contribution is 5.15. The van der Waals surface area contributed by atoms with Crippen LogP contribution in [0, 0.1) is 0 Å². The highest BCUT2D eigenvalue weighted by atomic mass is 19.1. The fourth-order valence-electron chi connectivity index (χ4n) is 2.36. The zero-order chi connectivity index (χ0) is 10.7. The van der Waals surface area contributed by atoms with Crippen molar-refractivity contribution in [1.82, 2.24) is 0 Å². The number of halogens is 1. The van der Waals surface area contributed by atoms with Gasteiger partial charge in [0.15, 0.2) is 0 Å². The third-order valence-electron chi connectivity index (χ3n) is 3.30. The molecule has 1 aliphatic carbocycles. The van der Waals surface area contributed by atoms with Gasteiger partial charge < -0.3 is 5.73 Å². The molecule has 0 heterocycles. The lowest BCUT2D eigenvalue weighted by Crippen LogP contribution is -2.23. The van der Waals surface area contributed by atoms with Gasteiger partial charge >= 0.3 is 0 Å². The quantitative estimate of drug-likeness (QED) is 0.810. The van der Waals surface area contributed by atoms with Crippen LogP contribution in [-0.4, -0.2) is 11.7 Å². The molecule has 2 rings (SSSR count). The molecule has 0 bridgehead atoms. The third-order valence-corrected chi connectivity index (χ3v) is 3.30. The molecule has 2 unspecified atom stereocenters. The van der Waals surface area contributed by atoms with Gasteiger partial charge in [0, 0.05) is 6.04 Å². The molecule has 0 amide bonds. The fraction of sp³-hybridized carbons (Fsp3) is 0.538. The van der Waals surface area contributed by atoms with E-state index in [1.165, 1.54) is 5.56 Å². The molecule has 1 aliphatic rings. The zero-order valence-corrected chi connectivity index (χ0v) is 8.95. The van der Waals surface area contributed by atoms with E-state index in [1.807, 2.05) is 18.2 Å². The van der Waals surface area contributed by atoms with Crippen LogP contribution in [-0.2, 0) is 6.42 Å². The van der Waals surface area contributed by atoms with E-state index in [-0.39, 0.29) is 6.04 Å². The van der Waals surface area contributed by atoms with E-state index in [2.05, 4.69) is 12.1 Å². The second kappa shape index (κ2) is 4.31. The van der Waals surface area contributed by atoms with Crippen LogP contribution in [0.3, 0.4) is 0 Å². The minimum absolute atomic E-state index is 0.0748. The lowest BCUT2D eigenvalue weighted by molar-refractivity contribution is 0.157. The van der Waals surface area contributed by atoms with E-state index in [9.17, 15) is 4.39 Å². The predicted molar refractivity (Wildman–Crippen MR) is 60.4 cm³/mol. The SMILES string of the molecule is NC1CCC(F)(CCc2ccccc2)C1. The van der Waals surface area contributed by atoms with Gasteiger partial charge in [-0.3, -0.25) is 0 Å². The van der Waals surface area contributed by atoms with Gasteiger partial charge in [-0.15, -0.1) is 0 Å². The number of aryl methyl sites for hydroxylation is 1. The largest absolute Gasteiger partial charge is 0.328 e. The Hall–Kier alpha value is -0.890. The summed E-state index contributed by atoms with van der Waals surface area (Å²) in [6.45, 7) is 0. The summed E-state index contributed by atoms with van der Waals surface area (Å²) in [6, 6.07) is 10.2. The van der Waals surface area contributed by atoms with E-state index >= 15 is 0 Å². The van der Waals surface area contributed by atoms with Gasteiger partial charge in [-0.1, -0.05) is 30.3 Å². The Morgan fingerprint density at radius 2 is 2.07 bits per heavy atom. The van der Waals surface area contributed by atoms with Crippen LogP contribution in [0.25, 0.3) is 0 Å². The van der Waals surface area contributed by atoms with Crippen molar-refractivity contribution in [2.24, 2.45) is 5.73 Å². The summed E-state index contributed by atoms with van der Waals surface area (Å²) in [5.41, 5.74) is 5.95. The molecule has 2 atom stereocenters. The van der Waals surface area contributed by atoms with Gasteiger partial charge in [0.05, 0.1) is 0 Å². The van der Waals surface area contributed by atoms with Crippen LogP contribution >= 0.6 is 0 Å². The molecule has 0 radical (unpaired) electrons. The van der Waals surface area contributed by atoms with Gasteiger partial charge in [0.1, 0.15) is 5.67 Å². The van der Waals surface area contributed by atoms with Crippen molar-refractivity contribution in [3.63, 3.8) is 0 Å². The maximum atomic E-state index is 14.2. The van der Waals surface area contributed by atoms with Crippen LogP contribution in [0.15, 0.2) is 30.3 Å². The van der Waals surface area contributed by atoms with Crippen LogP contribution in [0.1, 0.15) is 31.2 Å². The topological polar surface area (TPSA) is 26.0 Å². The third kappa shape index (κ3) is 2.78. The van der Waals surface area contributed by atoms with Crippen LogP contribution < -0.4 is 5.73 Å². The molecule has 1 aromatic rings. The molecule has 15 heavy (non-hydrogen) atoms. The Labute approximate surface area is 90.5 Å². The number of hydrogen-bond donors (Lipinski definition) is 1. The van der Waals surface area contributed by atoms with Crippen LogP contribution in [0.5, 0.6) is 0 Å². The Balaban J connectivity index is 1.88. The molecule has 1 saturated carbocycles. The lowest BCUT2D eigenvalue weighted by atomic mass is 9.95. The molecule has 82 valence electrons. The Morgan fingerprint density at radius 1 is 1.33 bits per heavy atom. The molecule has 0 spiro atoms. The molecule has 0 saturated heterocycles. The number of rotatable bonds is 3. The van der Waals surface area contributed by atoms with Crippen molar-refractivity contribution in [2.45, 2.75) is 43.8 Å². The minimum atomic E-state index is -1.00. The summed E-state index contributed by atoms with van der Waals surface area (Å²) >= 11 is 0. The highest BCUT2D eigenvalue weighted by Gasteiger charge is 2.37.